The Labute approximate surface area is 115 Å². The first-order valence-electron chi connectivity index (χ1n) is 6.92. The van der Waals surface area contributed by atoms with Crippen LogP contribution >= 0.6 is 0 Å². The molecular formula is C15H24N2O2. The Morgan fingerprint density at radius 3 is 2.84 bits per heavy atom. The summed E-state index contributed by atoms with van der Waals surface area (Å²) in [6.07, 6.45) is 1.16. The number of phenolic OH excluding ortho intramolecular Hbond substituents is 1. The van der Waals surface area contributed by atoms with Crippen LogP contribution in [0.1, 0.15) is 18.9 Å². The minimum absolute atomic E-state index is 0.354. The number of methoxy groups -OCH3 is 1. The molecule has 0 saturated carbocycles. The SMILES string of the molecule is CCC1CN(Cc2cc(OC)ccc2O)CCN1C. The van der Waals surface area contributed by atoms with E-state index < -0.39 is 0 Å². The van der Waals surface area contributed by atoms with Crippen LogP contribution in [0.2, 0.25) is 0 Å². The van der Waals surface area contributed by atoms with Crippen molar-refractivity contribution in [3.8, 4) is 11.5 Å². The maximum atomic E-state index is 9.94. The van der Waals surface area contributed by atoms with E-state index in [0.717, 1.165) is 43.9 Å². The number of aromatic hydroxyl groups is 1. The average molecular weight is 264 g/mol. The second kappa shape index (κ2) is 6.26. The van der Waals surface area contributed by atoms with Gasteiger partial charge in [-0.05, 0) is 31.7 Å². The lowest BCUT2D eigenvalue weighted by molar-refractivity contribution is 0.0878. The van der Waals surface area contributed by atoms with E-state index in [1.807, 2.05) is 6.07 Å². The summed E-state index contributed by atoms with van der Waals surface area (Å²) >= 11 is 0. The summed E-state index contributed by atoms with van der Waals surface area (Å²) < 4.78 is 5.22. The molecule has 106 valence electrons. The molecule has 1 heterocycles. The number of phenols is 1. The average Bonchev–Trinajstić information content (AvgIpc) is 2.43. The van der Waals surface area contributed by atoms with Gasteiger partial charge in [0.25, 0.3) is 0 Å². The molecule has 1 aliphatic rings. The zero-order valence-corrected chi connectivity index (χ0v) is 12.1. The molecule has 1 saturated heterocycles. The molecule has 1 aromatic rings. The Kier molecular flexibility index (Phi) is 4.66. The molecule has 1 aromatic carbocycles. The summed E-state index contributed by atoms with van der Waals surface area (Å²) in [5.41, 5.74) is 0.943. The molecule has 2 rings (SSSR count). The van der Waals surface area contributed by atoms with E-state index in [4.69, 9.17) is 4.74 Å². The van der Waals surface area contributed by atoms with Crippen molar-refractivity contribution in [1.82, 2.24) is 9.80 Å². The van der Waals surface area contributed by atoms with Crippen molar-refractivity contribution >= 4 is 0 Å². The molecule has 1 unspecified atom stereocenters. The fourth-order valence-corrected chi connectivity index (χ4v) is 2.65. The Hall–Kier alpha value is -1.26. The van der Waals surface area contributed by atoms with Gasteiger partial charge in [0.15, 0.2) is 0 Å². The standard InChI is InChI=1S/C15H24N2O2/c1-4-13-11-17(8-7-16(13)2)10-12-9-14(19-3)5-6-15(12)18/h5-6,9,13,18H,4,7-8,10-11H2,1-3H3. The molecule has 4 heteroatoms. The van der Waals surface area contributed by atoms with Crippen molar-refractivity contribution in [2.45, 2.75) is 25.9 Å². The van der Waals surface area contributed by atoms with Gasteiger partial charge in [0.2, 0.25) is 0 Å². The van der Waals surface area contributed by atoms with Crippen LogP contribution in [0.15, 0.2) is 18.2 Å². The molecule has 4 nitrogen and oxygen atoms in total. The number of rotatable bonds is 4. The van der Waals surface area contributed by atoms with E-state index in [1.165, 1.54) is 0 Å². The number of benzene rings is 1. The highest BCUT2D eigenvalue weighted by Gasteiger charge is 2.23. The molecule has 0 radical (unpaired) electrons. The number of nitrogens with zero attached hydrogens (tertiary/aromatic N) is 2. The van der Waals surface area contributed by atoms with Gasteiger partial charge in [-0.2, -0.15) is 0 Å². The molecule has 0 amide bonds. The van der Waals surface area contributed by atoms with Crippen LogP contribution in [0, 0.1) is 0 Å². The van der Waals surface area contributed by atoms with Crippen LogP contribution in [-0.4, -0.2) is 54.7 Å². The summed E-state index contributed by atoms with van der Waals surface area (Å²) in [7, 11) is 3.84. The molecule has 19 heavy (non-hydrogen) atoms. The molecule has 0 aliphatic carbocycles. The van der Waals surface area contributed by atoms with Crippen LogP contribution in [-0.2, 0) is 6.54 Å². The van der Waals surface area contributed by atoms with Crippen LogP contribution in [0.5, 0.6) is 11.5 Å². The predicted molar refractivity (Wildman–Crippen MR) is 76.6 cm³/mol. The lowest BCUT2D eigenvalue weighted by Crippen LogP contribution is -2.50. The molecule has 1 fully saturated rings. The minimum atomic E-state index is 0.354. The van der Waals surface area contributed by atoms with Gasteiger partial charge in [-0.1, -0.05) is 6.92 Å². The maximum Gasteiger partial charge on any atom is 0.120 e. The second-order valence-electron chi connectivity index (χ2n) is 5.27. The van der Waals surface area contributed by atoms with E-state index in [-0.39, 0.29) is 0 Å². The highest BCUT2D eigenvalue weighted by Crippen LogP contribution is 2.25. The van der Waals surface area contributed by atoms with E-state index >= 15 is 0 Å². The van der Waals surface area contributed by atoms with Gasteiger partial charge in [-0.3, -0.25) is 4.90 Å². The van der Waals surface area contributed by atoms with Gasteiger partial charge in [0.05, 0.1) is 7.11 Å². The summed E-state index contributed by atoms with van der Waals surface area (Å²) in [5, 5.41) is 9.94. The van der Waals surface area contributed by atoms with E-state index in [9.17, 15) is 5.11 Å². The molecule has 1 atom stereocenters. The lowest BCUT2D eigenvalue weighted by Gasteiger charge is -2.39. The monoisotopic (exact) mass is 264 g/mol. The smallest absolute Gasteiger partial charge is 0.120 e. The molecule has 0 aromatic heterocycles. The zero-order chi connectivity index (χ0) is 13.8. The first kappa shape index (κ1) is 14.2. The van der Waals surface area contributed by atoms with Gasteiger partial charge >= 0.3 is 0 Å². The minimum Gasteiger partial charge on any atom is -0.508 e. The van der Waals surface area contributed by atoms with Crippen molar-refractivity contribution in [2.75, 3.05) is 33.8 Å². The zero-order valence-electron chi connectivity index (χ0n) is 12.1. The first-order chi connectivity index (χ1) is 9.13. The summed E-state index contributed by atoms with van der Waals surface area (Å²) in [5.74, 6) is 1.15. The molecule has 0 spiro atoms. The third kappa shape index (κ3) is 3.39. The van der Waals surface area contributed by atoms with Crippen molar-refractivity contribution in [1.29, 1.82) is 0 Å². The van der Waals surface area contributed by atoms with Crippen molar-refractivity contribution < 1.29 is 9.84 Å². The molecule has 1 aliphatic heterocycles. The Morgan fingerprint density at radius 1 is 1.37 bits per heavy atom. The van der Waals surface area contributed by atoms with Crippen molar-refractivity contribution in [3.05, 3.63) is 23.8 Å². The summed E-state index contributed by atoms with van der Waals surface area (Å²) in [4.78, 5) is 4.82. The van der Waals surface area contributed by atoms with Gasteiger partial charge in [-0.15, -0.1) is 0 Å². The van der Waals surface area contributed by atoms with E-state index in [1.54, 1.807) is 19.2 Å². The number of piperazine rings is 1. The first-order valence-corrected chi connectivity index (χ1v) is 6.92. The van der Waals surface area contributed by atoms with Crippen molar-refractivity contribution in [2.24, 2.45) is 0 Å². The number of hydrogen-bond acceptors (Lipinski definition) is 4. The van der Waals surface area contributed by atoms with Crippen LogP contribution in [0.25, 0.3) is 0 Å². The van der Waals surface area contributed by atoms with Crippen LogP contribution < -0.4 is 4.74 Å². The quantitative estimate of drug-likeness (QED) is 0.901. The molecule has 1 N–H and O–H groups in total. The highest BCUT2D eigenvalue weighted by molar-refractivity contribution is 5.39. The predicted octanol–water partition coefficient (Wildman–Crippen LogP) is 1.93. The normalized spacial score (nSPS) is 21.5. The largest absolute Gasteiger partial charge is 0.508 e. The van der Waals surface area contributed by atoms with Gasteiger partial charge in [0, 0.05) is 37.8 Å². The second-order valence-corrected chi connectivity index (χ2v) is 5.27. The highest BCUT2D eigenvalue weighted by atomic mass is 16.5. The van der Waals surface area contributed by atoms with Gasteiger partial charge < -0.3 is 14.7 Å². The van der Waals surface area contributed by atoms with E-state index in [2.05, 4.69) is 23.8 Å². The van der Waals surface area contributed by atoms with E-state index in [0.29, 0.717) is 11.8 Å². The molecular weight excluding hydrogens is 240 g/mol. The number of likely N-dealkylation sites (N-methyl/N-ethyl adjacent to an activating group) is 1. The molecule has 0 bridgehead atoms. The fraction of sp³-hybridized carbons (Fsp3) is 0.600. The number of hydrogen-bond donors (Lipinski definition) is 1. The Bertz CT molecular complexity index is 423. The lowest BCUT2D eigenvalue weighted by atomic mass is 10.1. The third-order valence-corrected chi connectivity index (χ3v) is 4.01. The summed E-state index contributed by atoms with van der Waals surface area (Å²) in [6, 6.07) is 6.04. The van der Waals surface area contributed by atoms with Crippen LogP contribution in [0.3, 0.4) is 0 Å². The Morgan fingerprint density at radius 2 is 2.16 bits per heavy atom. The van der Waals surface area contributed by atoms with Crippen LogP contribution in [0.4, 0.5) is 0 Å². The van der Waals surface area contributed by atoms with Gasteiger partial charge in [0.1, 0.15) is 11.5 Å². The summed E-state index contributed by atoms with van der Waals surface area (Å²) in [6.45, 7) is 6.21. The Balaban J connectivity index is 2.04. The third-order valence-electron chi connectivity index (χ3n) is 4.01. The maximum absolute atomic E-state index is 9.94. The fourth-order valence-electron chi connectivity index (χ4n) is 2.65. The van der Waals surface area contributed by atoms with Gasteiger partial charge in [-0.25, -0.2) is 0 Å². The van der Waals surface area contributed by atoms with Crippen molar-refractivity contribution in [3.63, 3.8) is 0 Å². The topological polar surface area (TPSA) is 35.9 Å². The number of ether oxygens (including phenoxy) is 1.